The Morgan fingerprint density at radius 2 is 1.08 bits per heavy atom. The molecule has 0 heterocycles. The number of rotatable bonds is 21. The van der Waals surface area contributed by atoms with Crippen LogP contribution in [0.5, 0.6) is 0 Å². The standard InChI is InChI=1S/C23H49NO/c1-3-5-6-7-8-9-10-11-12-13-14-15-16-17-23(19-22-25)18-21-24-20-4-2/h23-25H,3-22H2,1-2H3. The van der Waals surface area contributed by atoms with Crippen LogP contribution in [0.25, 0.3) is 0 Å². The van der Waals surface area contributed by atoms with E-state index in [-0.39, 0.29) is 0 Å². The quantitative estimate of drug-likeness (QED) is 0.220. The van der Waals surface area contributed by atoms with E-state index < -0.39 is 0 Å². The third-order valence-corrected chi connectivity index (χ3v) is 5.41. The summed E-state index contributed by atoms with van der Waals surface area (Å²) in [7, 11) is 0. The van der Waals surface area contributed by atoms with E-state index in [0.29, 0.717) is 6.61 Å². The molecule has 0 saturated carbocycles. The van der Waals surface area contributed by atoms with E-state index in [1.807, 2.05) is 0 Å². The van der Waals surface area contributed by atoms with Gasteiger partial charge in [0.1, 0.15) is 0 Å². The van der Waals surface area contributed by atoms with Gasteiger partial charge in [0, 0.05) is 6.61 Å². The Hall–Kier alpha value is -0.0800. The van der Waals surface area contributed by atoms with Gasteiger partial charge in [-0.15, -0.1) is 0 Å². The van der Waals surface area contributed by atoms with E-state index in [4.69, 9.17) is 0 Å². The first-order chi connectivity index (χ1) is 12.3. The normalized spacial score (nSPS) is 12.6. The Morgan fingerprint density at radius 3 is 1.56 bits per heavy atom. The van der Waals surface area contributed by atoms with Crippen LogP contribution in [0.3, 0.4) is 0 Å². The Bertz CT molecular complexity index is 232. The molecule has 0 rings (SSSR count). The molecule has 1 atom stereocenters. The molecule has 0 radical (unpaired) electrons. The highest BCUT2D eigenvalue weighted by molar-refractivity contribution is 4.62. The topological polar surface area (TPSA) is 32.3 Å². The zero-order valence-corrected chi connectivity index (χ0v) is 17.7. The monoisotopic (exact) mass is 355 g/mol. The highest BCUT2D eigenvalue weighted by Gasteiger charge is 2.07. The van der Waals surface area contributed by atoms with E-state index >= 15 is 0 Å². The summed E-state index contributed by atoms with van der Waals surface area (Å²) in [6, 6.07) is 0. The lowest BCUT2D eigenvalue weighted by atomic mass is 9.94. The zero-order valence-electron chi connectivity index (χ0n) is 17.7. The fourth-order valence-electron chi connectivity index (χ4n) is 3.67. The lowest BCUT2D eigenvalue weighted by Crippen LogP contribution is -2.19. The van der Waals surface area contributed by atoms with Crippen LogP contribution in [0, 0.1) is 5.92 Å². The molecule has 0 bridgehead atoms. The molecular weight excluding hydrogens is 306 g/mol. The molecule has 0 aromatic carbocycles. The minimum Gasteiger partial charge on any atom is -0.396 e. The molecule has 0 aliphatic heterocycles. The van der Waals surface area contributed by atoms with Crippen LogP contribution < -0.4 is 5.32 Å². The first-order valence-corrected chi connectivity index (χ1v) is 11.7. The predicted molar refractivity (Wildman–Crippen MR) is 113 cm³/mol. The van der Waals surface area contributed by atoms with Crippen molar-refractivity contribution >= 4 is 0 Å². The summed E-state index contributed by atoms with van der Waals surface area (Å²) in [4.78, 5) is 0. The molecule has 25 heavy (non-hydrogen) atoms. The van der Waals surface area contributed by atoms with Gasteiger partial charge in [-0.1, -0.05) is 104 Å². The molecule has 2 heteroatoms. The summed E-state index contributed by atoms with van der Waals surface area (Å²) in [6.07, 6.45) is 23.3. The summed E-state index contributed by atoms with van der Waals surface area (Å²) < 4.78 is 0. The highest BCUT2D eigenvalue weighted by atomic mass is 16.3. The van der Waals surface area contributed by atoms with Crippen molar-refractivity contribution in [1.82, 2.24) is 5.32 Å². The number of hydrogen-bond donors (Lipinski definition) is 2. The summed E-state index contributed by atoms with van der Waals surface area (Å²) in [6.45, 7) is 7.11. The van der Waals surface area contributed by atoms with Crippen molar-refractivity contribution in [3.8, 4) is 0 Å². The SMILES string of the molecule is CCCCCCCCCCCCCCCC(CCO)CCNCCC. The first kappa shape index (κ1) is 24.9. The second-order valence-corrected chi connectivity index (χ2v) is 7.95. The van der Waals surface area contributed by atoms with Gasteiger partial charge in [0.2, 0.25) is 0 Å². The van der Waals surface area contributed by atoms with Crippen molar-refractivity contribution in [3.05, 3.63) is 0 Å². The van der Waals surface area contributed by atoms with Gasteiger partial charge in [-0.05, 0) is 38.3 Å². The van der Waals surface area contributed by atoms with Gasteiger partial charge in [-0.2, -0.15) is 0 Å². The van der Waals surface area contributed by atoms with E-state index in [9.17, 15) is 5.11 Å². The molecule has 0 saturated heterocycles. The molecule has 0 aromatic rings. The average molecular weight is 356 g/mol. The van der Waals surface area contributed by atoms with Crippen molar-refractivity contribution < 1.29 is 5.11 Å². The maximum absolute atomic E-state index is 9.22. The van der Waals surface area contributed by atoms with Crippen LogP contribution in [0.2, 0.25) is 0 Å². The van der Waals surface area contributed by atoms with E-state index in [1.54, 1.807) is 0 Å². The van der Waals surface area contributed by atoms with Gasteiger partial charge in [-0.3, -0.25) is 0 Å². The molecule has 2 nitrogen and oxygen atoms in total. The van der Waals surface area contributed by atoms with Crippen LogP contribution in [-0.4, -0.2) is 24.8 Å². The largest absolute Gasteiger partial charge is 0.396 e. The van der Waals surface area contributed by atoms with Crippen molar-refractivity contribution in [2.45, 2.75) is 123 Å². The number of unbranched alkanes of at least 4 members (excludes halogenated alkanes) is 12. The minimum atomic E-state index is 0.358. The maximum Gasteiger partial charge on any atom is 0.0433 e. The smallest absolute Gasteiger partial charge is 0.0433 e. The second-order valence-electron chi connectivity index (χ2n) is 7.95. The predicted octanol–water partition coefficient (Wildman–Crippen LogP) is 6.86. The fraction of sp³-hybridized carbons (Fsp3) is 1.00. The van der Waals surface area contributed by atoms with Crippen molar-refractivity contribution in [2.75, 3.05) is 19.7 Å². The minimum absolute atomic E-state index is 0.358. The van der Waals surface area contributed by atoms with Gasteiger partial charge in [0.05, 0.1) is 0 Å². The van der Waals surface area contributed by atoms with Gasteiger partial charge < -0.3 is 10.4 Å². The summed E-state index contributed by atoms with van der Waals surface area (Å²) in [5.74, 6) is 0.724. The molecule has 0 amide bonds. The second kappa shape index (κ2) is 22.0. The van der Waals surface area contributed by atoms with Crippen LogP contribution in [0.4, 0.5) is 0 Å². The Morgan fingerprint density at radius 1 is 0.560 bits per heavy atom. The Balaban J connectivity index is 3.30. The lowest BCUT2D eigenvalue weighted by Gasteiger charge is -2.16. The number of nitrogens with one attached hydrogen (secondary N) is 1. The van der Waals surface area contributed by atoms with E-state index in [1.165, 1.54) is 103 Å². The number of hydrogen-bond acceptors (Lipinski definition) is 2. The molecule has 0 fully saturated rings. The number of aliphatic hydroxyl groups excluding tert-OH is 1. The van der Waals surface area contributed by atoms with Crippen LogP contribution in [0.15, 0.2) is 0 Å². The van der Waals surface area contributed by atoms with Crippen molar-refractivity contribution in [1.29, 1.82) is 0 Å². The molecule has 0 aliphatic rings. The molecule has 152 valence electrons. The van der Waals surface area contributed by atoms with Crippen LogP contribution in [0.1, 0.15) is 123 Å². The van der Waals surface area contributed by atoms with Gasteiger partial charge >= 0.3 is 0 Å². The highest BCUT2D eigenvalue weighted by Crippen LogP contribution is 2.18. The summed E-state index contributed by atoms with van der Waals surface area (Å²) in [5, 5.41) is 12.7. The first-order valence-electron chi connectivity index (χ1n) is 11.7. The van der Waals surface area contributed by atoms with Crippen LogP contribution >= 0.6 is 0 Å². The molecule has 0 spiro atoms. The Kier molecular flexibility index (Phi) is 21.9. The van der Waals surface area contributed by atoms with Gasteiger partial charge in [-0.25, -0.2) is 0 Å². The third-order valence-electron chi connectivity index (χ3n) is 5.41. The van der Waals surface area contributed by atoms with Crippen molar-refractivity contribution in [3.63, 3.8) is 0 Å². The average Bonchev–Trinajstić information content (AvgIpc) is 2.62. The lowest BCUT2D eigenvalue weighted by molar-refractivity contribution is 0.243. The molecule has 0 aliphatic carbocycles. The van der Waals surface area contributed by atoms with E-state index in [0.717, 1.165) is 25.4 Å². The van der Waals surface area contributed by atoms with Gasteiger partial charge in [0.25, 0.3) is 0 Å². The van der Waals surface area contributed by atoms with Crippen molar-refractivity contribution in [2.24, 2.45) is 5.92 Å². The summed E-state index contributed by atoms with van der Waals surface area (Å²) >= 11 is 0. The van der Waals surface area contributed by atoms with E-state index in [2.05, 4.69) is 19.2 Å². The molecule has 0 aromatic heterocycles. The molecule has 1 unspecified atom stereocenters. The number of aliphatic hydroxyl groups is 1. The summed E-state index contributed by atoms with van der Waals surface area (Å²) in [5.41, 5.74) is 0. The third kappa shape index (κ3) is 20.1. The molecule has 2 N–H and O–H groups in total. The Labute approximate surface area is 159 Å². The van der Waals surface area contributed by atoms with Crippen LogP contribution in [-0.2, 0) is 0 Å². The van der Waals surface area contributed by atoms with Gasteiger partial charge in [0.15, 0.2) is 0 Å². The maximum atomic E-state index is 9.22. The zero-order chi connectivity index (χ0) is 18.4. The fourth-order valence-corrected chi connectivity index (χ4v) is 3.67. The molecular formula is C23H49NO.